The van der Waals surface area contributed by atoms with E-state index in [1.54, 1.807) is 11.8 Å². The maximum absolute atomic E-state index is 12.3. The van der Waals surface area contributed by atoms with Gasteiger partial charge in [0.1, 0.15) is 17.5 Å². The van der Waals surface area contributed by atoms with E-state index in [-0.39, 0.29) is 28.0 Å². The fourth-order valence-corrected chi connectivity index (χ4v) is 4.61. The van der Waals surface area contributed by atoms with Crippen LogP contribution in [-0.2, 0) is 9.59 Å². The molecule has 3 rings (SSSR count). The Balaban J connectivity index is 1.68. The second kappa shape index (κ2) is 5.28. The van der Waals surface area contributed by atoms with Crippen LogP contribution in [0.2, 0.25) is 0 Å². The summed E-state index contributed by atoms with van der Waals surface area (Å²) >= 11 is 1.74. The molecule has 2 aliphatic heterocycles. The molecule has 0 radical (unpaired) electrons. The number of thioether (sulfide) groups is 1. The van der Waals surface area contributed by atoms with Crippen LogP contribution in [0.4, 0.5) is 0 Å². The number of β-lactam (4-membered cyclic amide) rings is 1. The van der Waals surface area contributed by atoms with E-state index in [2.05, 4.69) is 26.1 Å². The highest BCUT2D eigenvalue weighted by molar-refractivity contribution is 8.01. The monoisotopic (exact) mass is 319 g/mol. The Morgan fingerprint density at radius 1 is 1.36 bits per heavy atom. The molecular formula is C16H21N3O2S. The molecule has 2 aliphatic rings. The predicted molar refractivity (Wildman–Crippen MR) is 87.1 cm³/mol. The fraction of sp³-hybridized carbons (Fsp3) is 0.500. The van der Waals surface area contributed by atoms with Crippen LogP contribution in [0.15, 0.2) is 30.3 Å². The van der Waals surface area contributed by atoms with Gasteiger partial charge in [0.15, 0.2) is 0 Å². The minimum Gasteiger partial charge on any atom is -0.340 e. The minimum atomic E-state index is -0.750. The van der Waals surface area contributed by atoms with E-state index in [1.807, 2.05) is 35.2 Å². The number of nitrogens with two attached hydrogens (primary N) is 1. The molecule has 2 amide bonds. The Morgan fingerprint density at radius 3 is 2.64 bits per heavy atom. The summed E-state index contributed by atoms with van der Waals surface area (Å²) in [6.45, 7) is 6.31. The lowest BCUT2D eigenvalue weighted by Crippen LogP contribution is -2.69. The molecule has 3 N–H and O–H groups in total. The lowest BCUT2D eigenvalue weighted by molar-refractivity contribution is -0.150. The van der Waals surface area contributed by atoms with Crippen molar-refractivity contribution in [3.8, 4) is 0 Å². The molecule has 5 nitrogen and oxygen atoms in total. The van der Waals surface area contributed by atoms with Gasteiger partial charge in [-0.3, -0.25) is 9.59 Å². The van der Waals surface area contributed by atoms with E-state index in [0.717, 1.165) is 5.56 Å². The Labute approximate surface area is 134 Å². The first-order chi connectivity index (χ1) is 10.3. The smallest absolute Gasteiger partial charge is 0.249 e. The Bertz CT molecular complexity index is 605. The van der Waals surface area contributed by atoms with Crippen molar-refractivity contribution in [2.24, 2.45) is 5.73 Å². The number of hydrogen-bond donors (Lipinski definition) is 2. The van der Waals surface area contributed by atoms with Crippen LogP contribution < -0.4 is 11.1 Å². The van der Waals surface area contributed by atoms with Crippen molar-refractivity contribution >= 4 is 23.6 Å². The molecule has 0 bridgehead atoms. The van der Waals surface area contributed by atoms with Crippen molar-refractivity contribution in [3.63, 3.8) is 0 Å². The van der Waals surface area contributed by atoms with Crippen LogP contribution in [0.1, 0.15) is 32.4 Å². The van der Waals surface area contributed by atoms with Gasteiger partial charge in [-0.25, -0.2) is 0 Å². The van der Waals surface area contributed by atoms with Crippen molar-refractivity contribution < 1.29 is 9.59 Å². The van der Waals surface area contributed by atoms with Crippen LogP contribution >= 0.6 is 11.8 Å². The lowest BCUT2D eigenvalue weighted by Gasteiger charge is -2.44. The van der Waals surface area contributed by atoms with Gasteiger partial charge < -0.3 is 16.0 Å². The summed E-state index contributed by atoms with van der Waals surface area (Å²) < 4.78 is 0.00134. The highest BCUT2D eigenvalue weighted by Crippen LogP contribution is 2.50. The molecule has 2 fully saturated rings. The van der Waals surface area contributed by atoms with E-state index in [9.17, 15) is 9.59 Å². The average molecular weight is 319 g/mol. The zero-order valence-corrected chi connectivity index (χ0v) is 13.8. The van der Waals surface area contributed by atoms with Crippen LogP contribution in [0, 0.1) is 0 Å². The largest absolute Gasteiger partial charge is 0.340 e. The van der Waals surface area contributed by atoms with Gasteiger partial charge in [0.05, 0.1) is 0 Å². The van der Waals surface area contributed by atoms with E-state index < -0.39 is 12.1 Å². The first-order valence-corrected chi connectivity index (χ1v) is 8.32. The fourth-order valence-electron chi connectivity index (χ4n) is 2.95. The molecule has 118 valence electrons. The molecule has 22 heavy (non-hydrogen) atoms. The van der Waals surface area contributed by atoms with Gasteiger partial charge in [0.2, 0.25) is 11.8 Å². The topological polar surface area (TPSA) is 75.4 Å². The normalized spacial score (nSPS) is 30.5. The maximum atomic E-state index is 12.3. The Kier molecular flexibility index (Phi) is 3.69. The predicted octanol–water partition coefficient (Wildman–Crippen LogP) is 1.25. The molecule has 2 heterocycles. The summed E-state index contributed by atoms with van der Waals surface area (Å²) in [6.07, 6.45) is 0. The van der Waals surface area contributed by atoms with Crippen LogP contribution in [0.25, 0.3) is 0 Å². The van der Waals surface area contributed by atoms with Crippen molar-refractivity contribution in [3.05, 3.63) is 35.9 Å². The third kappa shape index (κ3) is 2.30. The molecule has 0 unspecified atom stereocenters. The van der Waals surface area contributed by atoms with E-state index in [1.165, 1.54) is 0 Å². The molecule has 0 spiro atoms. The highest BCUT2D eigenvalue weighted by atomic mass is 32.2. The van der Waals surface area contributed by atoms with Gasteiger partial charge >= 0.3 is 0 Å². The third-order valence-corrected chi connectivity index (χ3v) is 6.36. The molecular weight excluding hydrogens is 298 g/mol. The Morgan fingerprint density at radius 2 is 2.00 bits per heavy atom. The number of hydrogen-bond acceptors (Lipinski definition) is 4. The minimum absolute atomic E-state index is 0.00134. The maximum Gasteiger partial charge on any atom is 0.249 e. The van der Waals surface area contributed by atoms with Crippen molar-refractivity contribution in [1.82, 2.24) is 10.2 Å². The quantitative estimate of drug-likeness (QED) is 0.822. The molecule has 1 aromatic carbocycles. The molecule has 0 saturated carbocycles. The van der Waals surface area contributed by atoms with Gasteiger partial charge in [0, 0.05) is 10.8 Å². The van der Waals surface area contributed by atoms with E-state index in [4.69, 9.17) is 5.73 Å². The summed E-state index contributed by atoms with van der Waals surface area (Å²) in [7, 11) is 0. The molecule has 2 saturated heterocycles. The van der Waals surface area contributed by atoms with Gasteiger partial charge in [-0.15, -0.1) is 11.8 Å². The number of nitrogens with one attached hydrogen (secondary N) is 1. The molecule has 0 aromatic heterocycles. The summed E-state index contributed by atoms with van der Waals surface area (Å²) in [6, 6.07) is 8.15. The average Bonchev–Trinajstić information content (AvgIpc) is 2.72. The number of rotatable bonds is 3. The second-order valence-corrected chi connectivity index (χ2v) is 8.18. The lowest BCUT2D eigenvalue weighted by atomic mass is 9.97. The van der Waals surface area contributed by atoms with Crippen LogP contribution in [-0.4, -0.2) is 38.9 Å². The van der Waals surface area contributed by atoms with Gasteiger partial charge in [-0.1, -0.05) is 30.3 Å². The van der Waals surface area contributed by atoms with Crippen molar-refractivity contribution in [1.29, 1.82) is 0 Å². The third-order valence-electron chi connectivity index (χ3n) is 4.67. The number of fused-ring (bicyclic) bond motifs is 1. The number of benzene rings is 1. The van der Waals surface area contributed by atoms with Crippen molar-refractivity contribution in [2.45, 2.75) is 49.0 Å². The van der Waals surface area contributed by atoms with E-state index in [0.29, 0.717) is 0 Å². The number of carbonyl (C=O) groups is 2. The SMILES string of the molecule is C[C@@H]1N2C(=O)[C@@H](NC(=O)[C@H](N)c3ccccc3)[C@H]2SC1(C)C. The van der Waals surface area contributed by atoms with Crippen LogP contribution in [0.5, 0.6) is 0 Å². The number of nitrogens with zero attached hydrogens (tertiary/aromatic N) is 1. The second-order valence-electron chi connectivity index (χ2n) is 6.41. The number of carbonyl (C=O) groups excluding carboxylic acids is 2. The molecule has 4 atom stereocenters. The molecule has 1 aromatic rings. The van der Waals surface area contributed by atoms with Gasteiger partial charge in [-0.2, -0.15) is 0 Å². The summed E-state index contributed by atoms with van der Waals surface area (Å²) in [5, 5.41) is 2.84. The molecule has 6 heteroatoms. The summed E-state index contributed by atoms with van der Waals surface area (Å²) in [5.74, 6) is -0.314. The summed E-state index contributed by atoms with van der Waals surface area (Å²) in [5.41, 5.74) is 6.73. The zero-order valence-electron chi connectivity index (χ0n) is 12.9. The van der Waals surface area contributed by atoms with Gasteiger partial charge in [0.25, 0.3) is 0 Å². The van der Waals surface area contributed by atoms with Crippen molar-refractivity contribution in [2.75, 3.05) is 0 Å². The molecule has 0 aliphatic carbocycles. The van der Waals surface area contributed by atoms with E-state index >= 15 is 0 Å². The van der Waals surface area contributed by atoms with Gasteiger partial charge in [-0.05, 0) is 26.3 Å². The van der Waals surface area contributed by atoms with Crippen LogP contribution in [0.3, 0.4) is 0 Å². The first kappa shape index (κ1) is 15.4. The zero-order chi connectivity index (χ0) is 16.1. The first-order valence-electron chi connectivity index (χ1n) is 7.44. The standard InChI is InChI=1S/C16H21N3O2S/c1-9-16(2,3)22-15-12(14(21)19(9)15)18-13(20)11(17)10-7-5-4-6-8-10/h4-9,11-12,15H,17H2,1-3H3,(H,18,20)/t9-,11+,12+,15+/m0/s1. The number of amides is 2. The highest BCUT2D eigenvalue weighted by Gasteiger charge is 2.60. The summed E-state index contributed by atoms with van der Waals surface area (Å²) in [4.78, 5) is 26.5. The Hall–Kier alpha value is -1.53.